The van der Waals surface area contributed by atoms with Gasteiger partial charge in [-0.25, -0.2) is 0 Å². The van der Waals surface area contributed by atoms with Crippen molar-refractivity contribution >= 4 is 16.6 Å². The summed E-state index contributed by atoms with van der Waals surface area (Å²) in [5.41, 5.74) is 0.854. The van der Waals surface area contributed by atoms with Crippen LogP contribution >= 0.6 is 0 Å². The zero-order valence-electron chi connectivity index (χ0n) is 8.82. The van der Waals surface area contributed by atoms with Crippen LogP contribution in [0.5, 0.6) is 5.75 Å². The quantitative estimate of drug-likeness (QED) is 0.543. The van der Waals surface area contributed by atoms with Crippen molar-refractivity contribution in [2.75, 3.05) is 7.11 Å². The van der Waals surface area contributed by atoms with E-state index in [9.17, 15) is 4.79 Å². The molecule has 2 nitrogen and oxygen atoms in total. The average Bonchev–Trinajstić information content (AvgIpc) is 2.27. The molecule has 2 heteroatoms. The lowest BCUT2D eigenvalue weighted by atomic mass is 10.0. The molecule has 0 saturated heterocycles. The fourth-order valence-electron chi connectivity index (χ4n) is 1.58. The maximum Gasteiger partial charge on any atom is 0.320 e. The summed E-state index contributed by atoms with van der Waals surface area (Å²) in [6.45, 7) is 1.69. The van der Waals surface area contributed by atoms with Gasteiger partial charge in [0.25, 0.3) is 0 Å². The standard InChI is InChI=1S/C13H12O2/c1-9(14)10-3-4-12-8-13(15-2)6-5-11(12)7-10/h3-8H,1-2H3/p+1. The predicted octanol–water partition coefficient (Wildman–Crippen LogP) is 2.76. The number of ether oxygens (including phenoxy) is 1. The van der Waals surface area contributed by atoms with Crippen molar-refractivity contribution in [1.29, 1.82) is 0 Å². The number of benzene rings is 2. The minimum absolute atomic E-state index is 0.340. The monoisotopic (exact) mass is 201 g/mol. The maximum atomic E-state index is 9.38. The van der Waals surface area contributed by atoms with E-state index in [0.717, 1.165) is 22.1 Å². The van der Waals surface area contributed by atoms with E-state index in [1.165, 1.54) is 0 Å². The normalized spacial score (nSPS) is 10.3. The van der Waals surface area contributed by atoms with Crippen molar-refractivity contribution in [3.05, 3.63) is 42.0 Å². The molecule has 2 aromatic carbocycles. The van der Waals surface area contributed by atoms with Gasteiger partial charge in [-0.2, -0.15) is 0 Å². The molecule has 0 radical (unpaired) electrons. The highest BCUT2D eigenvalue weighted by Gasteiger charge is 2.05. The van der Waals surface area contributed by atoms with E-state index in [1.807, 2.05) is 36.4 Å². The Balaban J connectivity index is 2.59. The number of hydrogen-bond donors (Lipinski definition) is 0. The highest BCUT2D eigenvalue weighted by molar-refractivity contribution is 5.99. The van der Waals surface area contributed by atoms with Crippen molar-refractivity contribution in [2.45, 2.75) is 6.92 Å². The van der Waals surface area contributed by atoms with E-state index in [4.69, 9.17) is 4.74 Å². The van der Waals surface area contributed by atoms with E-state index in [1.54, 1.807) is 14.0 Å². The van der Waals surface area contributed by atoms with Crippen LogP contribution in [0.3, 0.4) is 0 Å². The van der Waals surface area contributed by atoms with Crippen molar-refractivity contribution in [3.63, 3.8) is 0 Å². The summed E-state index contributed by atoms with van der Waals surface area (Å²) < 4.78 is 5.15. The van der Waals surface area contributed by atoms with Gasteiger partial charge in [-0.1, -0.05) is 12.1 Å². The van der Waals surface area contributed by atoms with Crippen LogP contribution in [0.2, 0.25) is 0 Å². The molecule has 76 valence electrons. The Morgan fingerprint density at radius 1 is 1.07 bits per heavy atom. The van der Waals surface area contributed by atoms with E-state index in [-0.39, 0.29) is 0 Å². The summed E-state index contributed by atoms with van der Waals surface area (Å²) >= 11 is 0. The molecule has 0 fully saturated rings. The number of hydrogen-bond acceptors (Lipinski definition) is 1. The minimum atomic E-state index is 0.340. The number of fused-ring (bicyclic) bond motifs is 1. The second kappa shape index (κ2) is 3.73. The average molecular weight is 201 g/mol. The molecular weight excluding hydrogens is 188 g/mol. The largest absolute Gasteiger partial charge is 0.497 e. The summed E-state index contributed by atoms with van der Waals surface area (Å²) in [7, 11) is 1.65. The third-order valence-electron chi connectivity index (χ3n) is 2.47. The molecule has 0 spiro atoms. The molecule has 0 saturated carbocycles. The third kappa shape index (κ3) is 1.84. The van der Waals surface area contributed by atoms with Gasteiger partial charge in [-0.3, -0.25) is 4.79 Å². The Hall–Kier alpha value is -1.83. The van der Waals surface area contributed by atoms with Crippen LogP contribution < -0.4 is 4.74 Å². The fourth-order valence-corrected chi connectivity index (χ4v) is 1.58. The lowest BCUT2D eigenvalue weighted by Crippen LogP contribution is -1.93. The summed E-state index contributed by atoms with van der Waals surface area (Å²) in [5, 5.41) is 2.21. The van der Waals surface area contributed by atoms with Gasteiger partial charge >= 0.3 is 5.78 Å². The number of ketones is 1. The molecule has 0 aliphatic heterocycles. The molecule has 0 amide bonds. The molecule has 1 N–H and O–H groups in total. The lowest BCUT2D eigenvalue weighted by molar-refractivity contribution is 0.415. The SMILES string of the molecule is COc1ccc2cc(C(C)=[OH+])ccc2c1. The van der Waals surface area contributed by atoms with Crippen LogP contribution in [0.1, 0.15) is 12.5 Å². The van der Waals surface area contributed by atoms with Gasteiger partial charge in [0, 0.05) is 0 Å². The zero-order chi connectivity index (χ0) is 10.8. The Morgan fingerprint density at radius 3 is 2.40 bits per heavy atom. The van der Waals surface area contributed by atoms with Crippen molar-refractivity contribution in [1.82, 2.24) is 0 Å². The fraction of sp³-hybridized carbons (Fsp3) is 0.154. The first kappa shape index (κ1) is 9.71. The van der Waals surface area contributed by atoms with Gasteiger partial charge in [0.15, 0.2) is 0 Å². The van der Waals surface area contributed by atoms with Gasteiger partial charge < -0.3 is 4.74 Å². The molecule has 0 heterocycles. The van der Waals surface area contributed by atoms with E-state index in [0.29, 0.717) is 5.78 Å². The van der Waals surface area contributed by atoms with E-state index >= 15 is 0 Å². The molecule has 0 aromatic heterocycles. The molecule has 0 aliphatic carbocycles. The minimum Gasteiger partial charge on any atom is -0.497 e. The van der Waals surface area contributed by atoms with Gasteiger partial charge in [0.2, 0.25) is 0 Å². The van der Waals surface area contributed by atoms with Crippen LogP contribution in [0.4, 0.5) is 0 Å². The van der Waals surface area contributed by atoms with Crippen LogP contribution in [0.25, 0.3) is 10.8 Å². The summed E-state index contributed by atoms with van der Waals surface area (Å²) in [5.74, 6) is 1.19. The second-order valence-corrected chi connectivity index (χ2v) is 3.51. The summed E-state index contributed by atoms with van der Waals surface area (Å²) in [6.07, 6.45) is 0. The Bertz CT molecular complexity index is 515. The van der Waals surface area contributed by atoms with Crippen LogP contribution in [-0.4, -0.2) is 17.7 Å². The maximum absolute atomic E-state index is 9.38. The van der Waals surface area contributed by atoms with Gasteiger partial charge in [-0.15, -0.1) is 0 Å². The number of rotatable bonds is 2. The van der Waals surface area contributed by atoms with E-state index < -0.39 is 0 Å². The van der Waals surface area contributed by atoms with Crippen LogP contribution in [0, 0.1) is 0 Å². The van der Waals surface area contributed by atoms with Gasteiger partial charge in [0.1, 0.15) is 5.75 Å². The second-order valence-electron chi connectivity index (χ2n) is 3.51. The van der Waals surface area contributed by atoms with Crippen molar-refractivity contribution in [2.24, 2.45) is 0 Å². The molecule has 0 aliphatic rings. The topological polar surface area (TPSA) is 30.6 Å². The highest BCUT2D eigenvalue weighted by atomic mass is 16.5. The number of methoxy groups -OCH3 is 1. The van der Waals surface area contributed by atoms with E-state index in [2.05, 4.69) is 0 Å². The smallest absolute Gasteiger partial charge is 0.320 e. The Labute approximate surface area is 88.5 Å². The Morgan fingerprint density at radius 2 is 1.73 bits per heavy atom. The summed E-state index contributed by atoms with van der Waals surface area (Å²) in [4.78, 5) is 9.38. The molecule has 0 unspecified atom stereocenters. The number of carbonyl (C=O) groups excluding carboxylic acids is 1. The zero-order valence-corrected chi connectivity index (χ0v) is 8.82. The van der Waals surface area contributed by atoms with Gasteiger partial charge in [-0.05, 0) is 35.0 Å². The van der Waals surface area contributed by atoms with Crippen molar-refractivity contribution < 1.29 is 9.53 Å². The third-order valence-corrected chi connectivity index (χ3v) is 2.47. The highest BCUT2D eigenvalue weighted by Crippen LogP contribution is 2.21. The van der Waals surface area contributed by atoms with Gasteiger partial charge in [0.05, 0.1) is 19.6 Å². The predicted molar refractivity (Wildman–Crippen MR) is 62.2 cm³/mol. The molecule has 2 rings (SSSR count). The Kier molecular flexibility index (Phi) is 2.42. The summed E-state index contributed by atoms with van der Waals surface area (Å²) in [6, 6.07) is 11.7. The molecular formula is C13H13O2+. The molecule has 0 atom stereocenters. The first-order valence-corrected chi connectivity index (χ1v) is 4.81. The lowest BCUT2D eigenvalue weighted by Gasteiger charge is -2.02. The molecule has 0 bridgehead atoms. The first-order valence-electron chi connectivity index (χ1n) is 4.81. The van der Waals surface area contributed by atoms with Crippen molar-refractivity contribution in [3.8, 4) is 5.75 Å². The van der Waals surface area contributed by atoms with Crippen LogP contribution in [-0.2, 0) is 0 Å². The van der Waals surface area contributed by atoms with Crippen LogP contribution in [0.15, 0.2) is 36.4 Å². The molecule has 2 aromatic rings. The first-order chi connectivity index (χ1) is 7.20. The molecule has 15 heavy (non-hydrogen) atoms.